The molecule has 0 radical (unpaired) electrons. The molecular weight excluding hydrogens is 354 g/mol. The molecule has 2 aromatic heterocycles. The van der Waals surface area contributed by atoms with Crippen molar-refractivity contribution in [2.24, 2.45) is 5.92 Å². The highest BCUT2D eigenvalue weighted by Gasteiger charge is 2.23. The van der Waals surface area contributed by atoms with Gasteiger partial charge in [0.2, 0.25) is 0 Å². The Morgan fingerprint density at radius 3 is 2.71 bits per heavy atom. The Bertz CT molecular complexity index is 993. The highest BCUT2D eigenvalue weighted by atomic mass is 16.4. The van der Waals surface area contributed by atoms with Crippen molar-refractivity contribution >= 4 is 11.6 Å². The van der Waals surface area contributed by atoms with Crippen molar-refractivity contribution in [3.05, 3.63) is 88.7 Å². The Labute approximate surface area is 163 Å². The number of rotatable bonds is 6. The molecule has 1 atom stereocenters. The summed E-state index contributed by atoms with van der Waals surface area (Å²) in [5.41, 5.74) is 1.12. The molecule has 1 N–H and O–H groups in total. The molecule has 1 fully saturated rings. The number of benzene rings is 1. The Balaban J connectivity index is 1.30. The van der Waals surface area contributed by atoms with Crippen molar-refractivity contribution in [3.8, 4) is 0 Å². The Morgan fingerprint density at radius 1 is 1.07 bits per heavy atom. The minimum atomic E-state index is -0.218. The van der Waals surface area contributed by atoms with Gasteiger partial charge in [0.25, 0.3) is 11.5 Å². The van der Waals surface area contributed by atoms with Crippen molar-refractivity contribution in [1.29, 1.82) is 0 Å². The van der Waals surface area contributed by atoms with E-state index >= 15 is 0 Å². The van der Waals surface area contributed by atoms with Gasteiger partial charge in [-0.25, -0.2) is 0 Å². The van der Waals surface area contributed by atoms with Crippen LogP contribution < -0.4 is 15.8 Å². The van der Waals surface area contributed by atoms with Crippen LogP contribution >= 0.6 is 0 Å². The first-order valence-corrected chi connectivity index (χ1v) is 9.51. The number of anilines is 1. The fourth-order valence-corrected chi connectivity index (χ4v) is 3.54. The number of nitrogens with one attached hydrogen (secondary N) is 1. The topological polar surface area (TPSA) is 67.5 Å². The zero-order valence-electron chi connectivity index (χ0n) is 15.6. The first-order valence-electron chi connectivity index (χ1n) is 9.51. The zero-order chi connectivity index (χ0) is 19.3. The number of hydrogen-bond acceptors (Lipinski definition) is 4. The standard InChI is InChI=1S/C22H23N3O3/c26-21-8-4-5-12-25(21)16-19-9-10-20(28-19)22(27)23-14-17-11-13-24(15-17)18-6-2-1-3-7-18/h1-10,12,17H,11,13-16H2,(H,23,27)/t17-/m1/s1. The minimum absolute atomic E-state index is 0.103. The third-order valence-electron chi connectivity index (χ3n) is 5.07. The Morgan fingerprint density at radius 2 is 1.89 bits per heavy atom. The third-order valence-corrected chi connectivity index (χ3v) is 5.07. The number of carbonyl (C=O) groups is 1. The van der Waals surface area contributed by atoms with Crippen molar-refractivity contribution in [2.75, 3.05) is 24.5 Å². The summed E-state index contributed by atoms with van der Waals surface area (Å²) in [7, 11) is 0. The van der Waals surface area contributed by atoms with E-state index in [4.69, 9.17) is 4.42 Å². The molecule has 0 bridgehead atoms. The smallest absolute Gasteiger partial charge is 0.287 e. The Kier molecular flexibility index (Phi) is 5.28. The van der Waals surface area contributed by atoms with Gasteiger partial charge in [0.05, 0.1) is 6.54 Å². The van der Waals surface area contributed by atoms with E-state index in [2.05, 4.69) is 22.3 Å². The first kappa shape index (κ1) is 18.1. The number of para-hydroxylation sites is 1. The van der Waals surface area contributed by atoms with E-state index in [9.17, 15) is 9.59 Å². The molecule has 1 amide bonds. The van der Waals surface area contributed by atoms with Gasteiger partial charge in [0, 0.05) is 37.6 Å². The van der Waals surface area contributed by atoms with Crippen molar-refractivity contribution in [1.82, 2.24) is 9.88 Å². The van der Waals surface area contributed by atoms with Crippen LogP contribution in [-0.2, 0) is 6.54 Å². The Hall–Kier alpha value is -3.28. The summed E-state index contributed by atoms with van der Waals surface area (Å²) in [5, 5.41) is 2.97. The molecule has 6 nitrogen and oxygen atoms in total. The molecule has 0 saturated carbocycles. The highest BCUT2D eigenvalue weighted by Crippen LogP contribution is 2.23. The molecule has 3 aromatic rings. The summed E-state index contributed by atoms with van der Waals surface area (Å²) in [4.78, 5) is 26.5. The SMILES string of the molecule is O=C(NC[C@H]1CCN(c2ccccc2)C1)c1ccc(Cn2ccccc2=O)o1. The van der Waals surface area contributed by atoms with E-state index < -0.39 is 0 Å². The fraction of sp³-hybridized carbons (Fsp3) is 0.273. The number of nitrogens with zero attached hydrogens (tertiary/aromatic N) is 2. The van der Waals surface area contributed by atoms with Crippen molar-refractivity contribution in [2.45, 2.75) is 13.0 Å². The van der Waals surface area contributed by atoms with Gasteiger partial charge in [-0.05, 0) is 42.7 Å². The van der Waals surface area contributed by atoms with Crippen LogP contribution in [0.4, 0.5) is 5.69 Å². The predicted octanol–water partition coefficient (Wildman–Crippen LogP) is 2.75. The molecule has 0 aliphatic carbocycles. The molecule has 28 heavy (non-hydrogen) atoms. The summed E-state index contributed by atoms with van der Waals surface area (Å²) in [6.45, 7) is 2.86. The second kappa shape index (κ2) is 8.17. The van der Waals surface area contributed by atoms with Crippen LogP contribution in [0.5, 0.6) is 0 Å². The second-order valence-corrected chi connectivity index (χ2v) is 7.08. The maximum Gasteiger partial charge on any atom is 0.287 e. The maximum absolute atomic E-state index is 12.4. The number of hydrogen-bond donors (Lipinski definition) is 1. The summed E-state index contributed by atoms with van der Waals surface area (Å²) in [5.74, 6) is 1.05. The number of pyridine rings is 1. The lowest BCUT2D eigenvalue weighted by Gasteiger charge is -2.18. The van der Waals surface area contributed by atoms with Gasteiger partial charge in [-0.1, -0.05) is 24.3 Å². The summed E-state index contributed by atoms with van der Waals surface area (Å²) in [6, 6.07) is 18.7. The van der Waals surface area contributed by atoms with Gasteiger partial charge in [0.15, 0.2) is 5.76 Å². The number of carbonyl (C=O) groups excluding carboxylic acids is 1. The van der Waals surface area contributed by atoms with Crippen LogP contribution in [-0.4, -0.2) is 30.1 Å². The number of amides is 1. The van der Waals surface area contributed by atoms with Gasteiger partial charge in [-0.3, -0.25) is 9.59 Å². The van der Waals surface area contributed by atoms with E-state index in [1.54, 1.807) is 30.5 Å². The average Bonchev–Trinajstić information content (AvgIpc) is 3.38. The molecule has 144 valence electrons. The van der Waals surface area contributed by atoms with E-state index in [0.717, 1.165) is 19.5 Å². The minimum Gasteiger partial charge on any atom is -0.454 e. The monoisotopic (exact) mass is 377 g/mol. The normalized spacial score (nSPS) is 16.3. The van der Waals surface area contributed by atoms with E-state index in [1.165, 1.54) is 16.3 Å². The van der Waals surface area contributed by atoms with Crippen molar-refractivity contribution < 1.29 is 9.21 Å². The number of furan rings is 1. The van der Waals surface area contributed by atoms with Crippen LogP contribution in [0, 0.1) is 5.92 Å². The highest BCUT2D eigenvalue weighted by molar-refractivity contribution is 5.91. The molecule has 1 aliphatic rings. The third kappa shape index (κ3) is 4.17. The molecule has 0 unspecified atom stereocenters. The van der Waals surface area contributed by atoms with Crippen LogP contribution in [0.25, 0.3) is 0 Å². The molecule has 4 rings (SSSR count). The lowest BCUT2D eigenvalue weighted by Crippen LogP contribution is -2.30. The predicted molar refractivity (Wildman–Crippen MR) is 108 cm³/mol. The zero-order valence-corrected chi connectivity index (χ0v) is 15.6. The van der Waals surface area contributed by atoms with Gasteiger partial charge in [-0.15, -0.1) is 0 Å². The van der Waals surface area contributed by atoms with Gasteiger partial charge < -0.3 is 19.2 Å². The second-order valence-electron chi connectivity index (χ2n) is 7.08. The molecule has 1 aliphatic heterocycles. The van der Waals surface area contributed by atoms with Gasteiger partial charge in [-0.2, -0.15) is 0 Å². The van der Waals surface area contributed by atoms with Crippen LogP contribution in [0.2, 0.25) is 0 Å². The molecule has 6 heteroatoms. The molecule has 1 aromatic carbocycles. The molecule has 3 heterocycles. The first-order chi connectivity index (χ1) is 13.7. The van der Waals surface area contributed by atoms with E-state index in [-0.39, 0.29) is 17.2 Å². The van der Waals surface area contributed by atoms with E-state index in [1.807, 2.05) is 18.2 Å². The average molecular weight is 377 g/mol. The summed E-state index contributed by atoms with van der Waals surface area (Å²) < 4.78 is 7.17. The van der Waals surface area contributed by atoms with Crippen LogP contribution in [0.15, 0.2) is 76.1 Å². The van der Waals surface area contributed by atoms with Gasteiger partial charge in [0.1, 0.15) is 5.76 Å². The summed E-state index contributed by atoms with van der Waals surface area (Å²) >= 11 is 0. The molecule has 1 saturated heterocycles. The van der Waals surface area contributed by atoms with Crippen molar-refractivity contribution in [3.63, 3.8) is 0 Å². The summed E-state index contributed by atoms with van der Waals surface area (Å²) in [6.07, 6.45) is 2.75. The van der Waals surface area contributed by atoms with Crippen LogP contribution in [0.3, 0.4) is 0 Å². The fourth-order valence-electron chi connectivity index (χ4n) is 3.54. The number of aromatic nitrogens is 1. The van der Waals surface area contributed by atoms with Gasteiger partial charge >= 0.3 is 0 Å². The molecule has 0 spiro atoms. The quantitative estimate of drug-likeness (QED) is 0.717. The van der Waals surface area contributed by atoms with Crippen LogP contribution in [0.1, 0.15) is 22.7 Å². The lowest BCUT2D eigenvalue weighted by molar-refractivity contribution is 0.0918. The van der Waals surface area contributed by atoms with E-state index in [0.29, 0.717) is 24.8 Å². The molecular formula is C22H23N3O3. The largest absolute Gasteiger partial charge is 0.454 e. The lowest BCUT2D eigenvalue weighted by atomic mass is 10.1. The maximum atomic E-state index is 12.4.